The lowest BCUT2D eigenvalue weighted by molar-refractivity contribution is 0.475. The van der Waals surface area contributed by atoms with Crippen LogP contribution in [0.25, 0.3) is 11.0 Å². The van der Waals surface area contributed by atoms with Crippen LogP contribution >= 0.6 is 23.5 Å². The number of nitrogen functional groups attached to an aromatic ring is 1. The zero-order chi connectivity index (χ0) is 19.5. The zero-order valence-corrected chi connectivity index (χ0v) is 16.1. The molecule has 1 heterocycles. The lowest BCUT2D eigenvalue weighted by Crippen LogP contribution is -2.02. The second kappa shape index (κ2) is 7.84. The van der Waals surface area contributed by atoms with Gasteiger partial charge in [0.15, 0.2) is 11.6 Å². The summed E-state index contributed by atoms with van der Waals surface area (Å²) in [5, 5.41) is 13.4. The standard InChI is InChI=1S/C20H16ClN5OS/c21-15-9-8-13(27)11-18(15)25-19-20(24-17-7-2-1-6-16(17)23-19)26-28-14-5-3-4-12(22)10-14/h1-11,27H,22H2,(H,23,25)(H,24,26). The number of para-hydroxylation sites is 2. The molecule has 0 unspecified atom stereocenters. The van der Waals surface area contributed by atoms with Crippen molar-refractivity contribution in [1.82, 2.24) is 9.97 Å². The SMILES string of the molecule is Nc1cccc(SNc2nc3ccccc3nc2Nc2cc(O)ccc2Cl)c1. The van der Waals surface area contributed by atoms with E-state index in [0.717, 1.165) is 15.9 Å². The molecule has 5 N–H and O–H groups in total. The fourth-order valence-electron chi connectivity index (χ4n) is 2.58. The second-order valence-corrected chi connectivity index (χ2v) is 7.26. The number of anilines is 4. The van der Waals surface area contributed by atoms with Gasteiger partial charge in [-0.25, -0.2) is 9.97 Å². The summed E-state index contributed by atoms with van der Waals surface area (Å²) in [6.45, 7) is 0. The highest BCUT2D eigenvalue weighted by atomic mass is 35.5. The van der Waals surface area contributed by atoms with Gasteiger partial charge in [-0.3, -0.25) is 0 Å². The van der Waals surface area contributed by atoms with Gasteiger partial charge in [-0.05, 0) is 54.4 Å². The smallest absolute Gasteiger partial charge is 0.180 e. The van der Waals surface area contributed by atoms with Gasteiger partial charge in [-0.15, -0.1) is 0 Å². The van der Waals surface area contributed by atoms with Gasteiger partial charge in [-0.2, -0.15) is 0 Å². The Labute approximate surface area is 170 Å². The van der Waals surface area contributed by atoms with Crippen LogP contribution in [-0.2, 0) is 0 Å². The van der Waals surface area contributed by atoms with E-state index in [1.165, 1.54) is 24.1 Å². The third-order valence-electron chi connectivity index (χ3n) is 3.90. The van der Waals surface area contributed by atoms with Crippen molar-refractivity contribution in [3.05, 3.63) is 71.8 Å². The second-order valence-electron chi connectivity index (χ2n) is 5.98. The minimum absolute atomic E-state index is 0.101. The number of aromatic nitrogens is 2. The van der Waals surface area contributed by atoms with E-state index in [-0.39, 0.29) is 5.75 Å². The molecule has 0 aliphatic heterocycles. The summed E-state index contributed by atoms with van der Waals surface area (Å²) in [6.07, 6.45) is 0. The fraction of sp³-hybridized carbons (Fsp3) is 0. The highest BCUT2D eigenvalue weighted by molar-refractivity contribution is 8.00. The number of nitrogens with zero attached hydrogens (tertiary/aromatic N) is 2. The third-order valence-corrected chi connectivity index (χ3v) is 5.01. The minimum Gasteiger partial charge on any atom is -0.508 e. The number of phenols is 1. The summed E-state index contributed by atoms with van der Waals surface area (Å²) in [6, 6.07) is 19.8. The number of aromatic hydroxyl groups is 1. The zero-order valence-electron chi connectivity index (χ0n) is 14.6. The number of phenolic OH excluding ortho intramolecular Hbond substituents is 1. The number of nitrogens with one attached hydrogen (secondary N) is 2. The Morgan fingerprint density at radius 2 is 1.64 bits per heavy atom. The molecule has 0 radical (unpaired) electrons. The molecule has 0 fully saturated rings. The first kappa shape index (κ1) is 18.2. The monoisotopic (exact) mass is 409 g/mol. The Hall–Kier alpha value is -3.16. The van der Waals surface area contributed by atoms with Gasteiger partial charge in [0.2, 0.25) is 0 Å². The quantitative estimate of drug-likeness (QED) is 0.257. The van der Waals surface area contributed by atoms with Crippen molar-refractivity contribution in [3.8, 4) is 5.75 Å². The molecule has 0 aliphatic rings. The first-order valence-corrected chi connectivity index (χ1v) is 9.59. The van der Waals surface area contributed by atoms with Crippen LogP contribution in [0, 0.1) is 0 Å². The van der Waals surface area contributed by atoms with Gasteiger partial charge in [0, 0.05) is 16.6 Å². The number of halogens is 1. The van der Waals surface area contributed by atoms with Gasteiger partial charge in [0.1, 0.15) is 5.75 Å². The molecule has 8 heteroatoms. The summed E-state index contributed by atoms with van der Waals surface area (Å²) in [5.41, 5.74) is 8.55. The van der Waals surface area contributed by atoms with Crippen molar-refractivity contribution in [3.63, 3.8) is 0 Å². The van der Waals surface area contributed by atoms with Crippen molar-refractivity contribution >= 4 is 57.6 Å². The van der Waals surface area contributed by atoms with E-state index >= 15 is 0 Å². The normalized spacial score (nSPS) is 10.8. The number of benzene rings is 3. The Morgan fingerprint density at radius 1 is 0.893 bits per heavy atom. The molecule has 6 nitrogen and oxygen atoms in total. The van der Waals surface area contributed by atoms with E-state index in [9.17, 15) is 5.11 Å². The van der Waals surface area contributed by atoms with E-state index in [0.29, 0.717) is 28.0 Å². The van der Waals surface area contributed by atoms with Crippen LogP contribution in [-0.4, -0.2) is 15.1 Å². The van der Waals surface area contributed by atoms with Crippen molar-refractivity contribution in [2.75, 3.05) is 15.8 Å². The molecule has 0 aliphatic carbocycles. The van der Waals surface area contributed by atoms with E-state index < -0.39 is 0 Å². The summed E-state index contributed by atoms with van der Waals surface area (Å²) in [7, 11) is 0. The molecule has 140 valence electrons. The molecule has 0 saturated carbocycles. The van der Waals surface area contributed by atoms with Gasteiger partial charge in [0.25, 0.3) is 0 Å². The van der Waals surface area contributed by atoms with Crippen LogP contribution in [0.15, 0.2) is 71.6 Å². The third kappa shape index (κ3) is 4.05. The minimum atomic E-state index is 0.101. The summed E-state index contributed by atoms with van der Waals surface area (Å²) >= 11 is 7.62. The van der Waals surface area contributed by atoms with Gasteiger partial charge in [-0.1, -0.05) is 29.8 Å². The van der Waals surface area contributed by atoms with Crippen molar-refractivity contribution < 1.29 is 5.11 Å². The van der Waals surface area contributed by atoms with Crippen molar-refractivity contribution in [1.29, 1.82) is 0 Å². The van der Waals surface area contributed by atoms with E-state index in [4.69, 9.17) is 17.3 Å². The van der Waals surface area contributed by atoms with Crippen LogP contribution in [0.3, 0.4) is 0 Å². The Kier molecular flexibility index (Phi) is 5.10. The maximum Gasteiger partial charge on any atom is 0.180 e. The molecule has 1 aromatic heterocycles. The van der Waals surface area contributed by atoms with E-state index in [2.05, 4.69) is 20.0 Å². The highest BCUT2D eigenvalue weighted by Crippen LogP contribution is 2.33. The van der Waals surface area contributed by atoms with Gasteiger partial charge < -0.3 is 20.9 Å². The lowest BCUT2D eigenvalue weighted by Gasteiger charge is -2.14. The Morgan fingerprint density at radius 3 is 2.39 bits per heavy atom. The number of nitrogens with two attached hydrogens (primary N) is 1. The Balaban J connectivity index is 1.70. The topological polar surface area (TPSA) is 96.1 Å². The predicted molar refractivity (Wildman–Crippen MR) is 116 cm³/mol. The molecule has 0 amide bonds. The highest BCUT2D eigenvalue weighted by Gasteiger charge is 2.12. The first-order valence-electron chi connectivity index (χ1n) is 8.39. The van der Waals surface area contributed by atoms with Crippen LogP contribution < -0.4 is 15.8 Å². The van der Waals surface area contributed by atoms with Crippen molar-refractivity contribution in [2.45, 2.75) is 4.90 Å². The van der Waals surface area contributed by atoms with Crippen molar-refractivity contribution in [2.24, 2.45) is 0 Å². The molecule has 0 bridgehead atoms. The molecule has 0 atom stereocenters. The molecule has 0 spiro atoms. The van der Waals surface area contributed by atoms with Crippen LogP contribution in [0.2, 0.25) is 5.02 Å². The molecule has 0 saturated heterocycles. The molecule has 3 aromatic carbocycles. The summed E-state index contributed by atoms with van der Waals surface area (Å²) in [4.78, 5) is 10.3. The first-order chi connectivity index (χ1) is 13.6. The van der Waals surface area contributed by atoms with E-state index in [1.54, 1.807) is 6.07 Å². The molecule has 4 aromatic rings. The number of fused-ring (bicyclic) bond motifs is 1. The number of hydrogen-bond acceptors (Lipinski definition) is 7. The maximum atomic E-state index is 9.77. The largest absolute Gasteiger partial charge is 0.508 e. The number of rotatable bonds is 5. The van der Waals surface area contributed by atoms with E-state index in [1.807, 2.05) is 48.5 Å². The molecule has 28 heavy (non-hydrogen) atoms. The molecular weight excluding hydrogens is 394 g/mol. The maximum absolute atomic E-state index is 9.77. The van der Waals surface area contributed by atoms with Crippen LogP contribution in [0.1, 0.15) is 0 Å². The molecule has 4 rings (SSSR count). The summed E-state index contributed by atoms with van der Waals surface area (Å²) < 4.78 is 3.22. The Bertz CT molecular complexity index is 1150. The average Bonchev–Trinajstić information content (AvgIpc) is 2.69. The van der Waals surface area contributed by atoms with Gasteiger partial charge >= 0.3 is 0 Å². The fourth-order valence-corrected chi connectivity index (χ4v) is 3.44. The lowest BCUT2D eigenvalue weighted by atomic mass is 10.3. The predicted octanol–water partition coefficient (Wildman–Crippen LogP) is 5.43. The van der Waals surface area contributed by atoms with Crippen LogP contribution in [0.5, 0.6) is 5.75 Å². The van der Waals surface area contributed by atoms with Gasteiger partial charge in [0.05, 0.1) is 21.7 Å². The summed E-state index contributed by atoms with van der Waals surface area (Å²) in [5.74, 6) is 1.12. The van der Waals surface area contributed by atoms with Crippen LogP contribution in [0.4, 0.5) is 23.0 Å². The number of hydrogen-bond donors (Lipinski definition) is 4. The average molecular weight is 410 g/mol. The molecular formula is C20H16ClN5OS.